The molecule has 2 aromatic rings. The Morgan fingerprint density at radius 1 is 1.15 bits per heavy atom. The van der Waals surface area contributed by atoms with E-state index >= 15 is 0 Å². The molecule has 0 heterocycles. The first-order valence-electron chi connectivity index (χ1n) is 8.53. The van der Waals surface area contributed by atoms with Gasteiger partial charge in [-0.1, -0.05) is 12.1 Å². The highest BCUT2D eigenvalue weighted by Crippen LogP contribution is 2.30. The molecule has 2 aromatic carbocycles. The van der Waals surface area contributed by atoms with Gasteiger partial charge in [0.25, 0.3) is 5.91 Å². The molecular formula is C20H21FN2O3. The van der Waals surface area contributed by atoms with Gasteiger partial charge < -0.3 is 15.4 Å². The highest BCUT2D eigenvalue weighted by molar-refractivity contribution is 5.97. The molecule has 1 fully saturated rings. The second-order valence-electron chi connectivity index (χ2n) is 6.43. The van der Waals surface area contributed by atoms with Crippen LogP contribution in [-0.4, -0.2) is 18.9 Å². The number of amides is 2. The lowest BCUT2D eigenvalue weighted by atomic mass is 10.1. The van der Waals surface area contributed by atoms with Crippen molar-refractivity contribution in [3.63, 3.8) is 0 Å². The molecule has 0 spiro atoms. The van der Waals surface area contributed by atoms with Crippen LogP contribution in [-0.2, 0) is 4.79 Å². The van der Waals surface area contributed by atoms with Crippen molar-refractivity contribution in [2.75, 3.05) is 12.4 Å². The minimum absolute atomic E-state index is 0.0531. The van der Waals surface area contributed by atoms with E-state index in [4.69, 9.17) is 4.74 Å². The molecule has 2 N–H and O–H groups in total. The maximum atomic E-state index is 13.4. The molecule has 0 aromatic heterocycles. The predicted octanol–water partition coefficient (Wildman–Crippen LogP) is 3.67. The summed E-state index contributed by atoms with van der Waals surface area (Å²) in [5, 5.41) is 5.70. The van der Waals surface area contributed by atoms with Crippen molar-refractivity contribution < 1.29 is 18.7 Å². The first kappa shape index (κ1) is 17.9. The Morgan fingerprint density at radius 2 is 1.85 bits per heavy atom. The molecule has 0 saturated heterocycles. The van der Waals surface area contributed by atoms with Crippen molar-refractivity contribution in [1.82, 2.24) is 5.32 Å². The van der Waals surface area contributed by atoms with Crippen molar-refractivity contribution in [3.8, 4) is 5.75 Å². The third-order valence-corrected chi connectivity index (χ3v) is 4.38. The average molecular weight is 356 g/mol. The van der Waals surface area contributed by atoms with Crippen LogP contribution in [0.25, 0.3) is 0 Å². The standard InChI is InChI=1S/C20H21FN2O3/c1-12(22-20(25)17-11-15(21)7-10-18(17)26-2)13-5-8-16(9-6-13)23-19(24)14-3-4-14/h5-12,14H,3-4H2,1-2H3,(H,22,25)(H,23,24). The molecule has 1 atom stereocenters. The van der Waals surface area contributed by atoms with Crippen molar-refractivity contribution in [1.29, 1.82) is 0 Å². The molecule has 0 bridgehead atoms. The van der Waals surface area contributed by atoms with E-state index in [1.165, 1.54) is 19.2 Å². The monoisotopic (exact) mass is 356 g/mol. The van der Waals surface area contributed by atoms with Gasteiger partial charge in [0, 0.05) is 11.6 Å². The van der Waals surface area contributed by atoms with Crippen molar-refractivity contribution in [3.05, 3.63) is 59.4 Å². The maximum absolute atomic E-state index is 13.4. The number of halogens is 1. The maximum Gasteiger partial charge on any atom is 0.255 e. The Hall–Kier alpha value is -2.89. The summed E-state index contributed by atoms with van der Waals surface area (Å²) < 4.78 is 18.6. The van der Waals surface area contributed by atoms with E-state index in [2.05, 4.69) is 10.6 Å². The van der Waals surface area contributed by atoms with Gasteiger partial charge in [0.2, 0.25) is 5.91 Å². The lowest BCUT2D eigenvalue weighted by molar-refractivity contribution is -0.117. The molecule has 26 heavy (non-hydrogen) atoms. The summed E-state index contributed by atoms with van der Waals surface area (Å²) in [5.41, 5.74) is 1.75. The number of carbonyl (C=O) groups is 2. The summed E-state index contributed by atoms with van der Waals surface area (Å²) in [4.78, 5) is 24.2. The summed E-state index contributed by atoms with van der Waals surface area (Å²) in [6.45, 7) is 1.83. The second-order valence-corrected chi connectivity index (χ2v) is 6.43. The second kappa shape index (κ2) is 7.56. The molecule has 1 aliphatic carbocycles. The fraction of sp³-hybridized carbons (Fsp3) is 0.300. The highest BCUT2D eigenvalue weighted by Gasteiger charge is 2.29. The number of methoxy groups -OCH3 is 1. The summed E-state index contributed by atoms with van der Waals surface area (Å²) >= 11 is 0. The van der Waals surface area contributed by atoms with Crippen molar-refractivity contribution in [2.45, 2.75) is 25.8 Å². The van der Waals surface area contributed by atoms with Crippen LogP contribution < -0.4 is 15.4 Å². The van der Waals surface area contributed by atoms with Gasteiger partial charge in [0.1, 0.15) is 11.6 Å². The van der Waals surface area contributed by atoms with Crippen LogP contribution in [0.1, 0.15) is 41.7 Å². The minimum Gasteiger partial charge on any atom is -0.496 e. The number of nitrogens with one attached hydrogen (secondary N) is 2. The largest absolute Gasteiger partial charge is 0.496 e. The zero-order valence-corrected chi connectivity index (χ0v) is 14.7. The van der Waals surface area contributed by atoms with Crippen LogP contribution in [0.4, 0.5) is 10.1 Å². The lowest BCUT2D eigenvalue weighted by Crippen LogP contribution is -2.27. The number of anilines is 1. The summed E-state index contributed by atoms with van der Waals surface area (Å²) in [5.74, 6) is -0.403. The third-order valence-electron chi connectivity index (χ3n) is 4.38. The Bertz CT molecular complexity index is 816. The molecule has 2 amide bonds. The molecule has 6 heteroatoms. The van der Waals surface area contributed by atoms with E-state index in [9.17, 15) is 14.0 Å². The van der Waals surface area contributed by atoms with Gasteiger partial charge in [-0.25, -0.2) is 4.39 Å². The van der Waals surface area contributed by atoms with Crippen LogP contribution in [0.5, 0.6) is 5.75 Å². The van der Waals surface area contributed by atoms with Gasteiger partial charge in [-0.15, -0.1) is 0 Å². The molecule has 1 saturated carbocycles. The molecule has 5 nitrogen and oxygen atoms in total. The number of carbonyl (C=O) groups excluding carboxylic acids is 2. The number of hydrogen-bond donors (Lipinski definition) is 2. The summed E-state index contributed by atoms with van der Waals surface area (Å²) in [6, 6.07) is 10.8. The molecule has 1 aliphatic rings. The number of rotatable bonds is 6. The van der Waals surface area contributed by atoms with E-state index in [1.54, 1.807) is 12.1 Å². The Morgan fingerprint density at radius 3 is 2.46 bits per heavy atom. The van der Waals surface area contributed by atoms with Crippen molar-refractivity contribution in [2.24, 2.45) is 5.92 Å². The molecular weight excluding hydrogens is 335 g/mol. The predicted molar refractivity (Wildman–Crippen MR) is 96.6 cm³/mol. The average Bonchev–Trinajstić information content (AvgIpc) is 3.47. The minimum atomic E-state index is -0.501. The number of hydrogen-bond acceptors (Lipinski definition) is 3. The normalized spacial score (nSPS) is 14.4. The van der Waals surface area contributed by atoms with Crippen LogP contribution in [0.2, 0.25) is 0 Å². The highest BCUT2D eigenvalue weighted by atomic mass is 19.1. The van der Waals surface area contributed by atoms with E-state index in [-0.39, 0.29) is 23.4 Å². The summed E-state index contributed by atoms with van der Waals surface area (Å²) in [6.07, 6.45) is 1.91. The van der Waals surface area contributed by atoms with Crippen LogP contribution in [0, 0.1) is 11.7 Å². The first-order chi connectivity index (χ1) is 12.5. The summed E-state index contributed by atoms with van der Waals surface area (Å²) in [7, 11) is 1.43. The van der Waals surface area contributed by atoms with Crippen LogP contribution in [0.3, 0.4) is 0 Å². The van der Waals surface area contributed by atoms with E-state index in [0.29, 0.717) is 5.75 Å². The Labute approximate surface area is 151 Å². The van der Waals surface area contributed by atoms with E-state index in [1.807, 2.05) is 19.1 Å². The smallest absolute Gasteiger partial charge is 0.255 e. The Balaban J connectivity index is 1.65. The van der Waals surface area contributed by atoms with Crippen molar-refractivity contribution >= 4 is 17.5 Å². The number of ether oxygens (including phenoxy) is 1. The third kappa shape index (κ3) is 4.20. The van der Waals surface area contributed by atoms with Gasteiger partial charge in [0.05, 0.1) is 18.7 Å². The van der Waals surface area contributed by atoms with Crippen LogP contribution >= 0.6 is 0 Å². The zero-order chi connectivity index (χ0) is 18.7. The molecule has 3 rings (SSSR count). The lowest BCUT2D eigenvalue weighted by Gasteiger charge is -2.16. The van der Waals surface area contributed by atoms with Gasteiger partial charge in [0.15, 0.2) is 0 Å². The van der Waals surface area contributed by atoms with E-state index in [0.717, 1.165) is 30.2 Å². The Kier molecular flexibility index (Phi) is 5.21. The van der Waals surface area contributed by atoms with E-state index < -0.39 is 11.7 Å². The quantitative estimate of drug-likeness (QED) is 0.830. The fourth-order valence-electron chi connectivity index (χ4n) is 2.66. The fourth-order valence-corrected chi connectivity index (χ4v) is 2.66. The zero-order valence-electron chi connectivity index (χ0n) is 14.7. The topological polar surface area (TPSA) is 67.4 Å². The first-order valence-corrected chi connectivity index (χ1v) is 8.53. The number of benzene rings is 2. The molecule has 136 valence electrons. The van der Waals surface area contributed by atoms with Crippen LogP contribution in [0.15, 0.2) is 42.5 Å². The van der Waals surface area contributed by atoms with Gasteiger partial charge in [-0.05, 0) is 55.7 Å². The molecule has 0 aliphatic heterocycles. The SMILES string of the molecule is COc1ccc(F)cc1C(=O)NC(C)c1ccc(NC(=O)C2CC2)cc1. The van der Waals surface area contributed by atoms with Gasteiger partial charge >= 0.3 is 0 Å². The van der Waals surface area contributed by atoms with Gasteiger partial charge in [-0.2, -0.15) is 0 Å². The molecule has 1 unspecified atom stereocenters. The molecule has 0 radical (unpaired) electrons. The van der Waals surface area contributed by atoms with Gasteiger partial charge in [-0.3, -0.25) is 9.59 Å².